The minimum Gasteiger partial charge on any atom is -0.467 e. The molecule has 0 aliphatic heterocycles. The van der Waals surface area contributed by atoms with Gasteiger partial charge in [-0.2, -0.15) is 0 Å². The Bertz CT molecular complexity index is 556. The second-order valence-corrected chi connectivity index (χ2v) is 4.25. The molecule has 1 amide bonds. The van der Waals surface area contributed by atoms with Crippen LogP contribution in [0.1, 0.15) is 24.3 Å². The van der Waals surface area contributed by atoms with Crippen molar-refractivity contribution in [3.8, 4) is 0 Å². The third-order valence-corrected chi connectivity index (χ3v) is 2.69. The molecule has 0 radical (unpaired) electrons. The van der Waals surface area contributed by atoms with Gasteiger partial charge in [-0.3, -0.25) is 4.79 Å². The fourth-order valence-corrected chi connectivity index (χ4v) is 1.65. The minimum absolute atomic E-state index is 0.154. The molecule has 3 N–H and O–H groups in total. The maximum atomic E-state index is 11.7. The van der Waals surface area contributed by atoms with Gasteiger partial charge in [-0.1, -0.05) is 12.1 Å². The van der Waals surface area contributed by atoms with Crippen molar-refractivity contribution < 1.29 is 9.21 Å². The van der Waals surface area contributed by atoms with Gasteiger partial charge in [-0.05, 0) is 42.8 Å². The smallest absolute Gasteiger partial charge is 0.244 e. The van der Waals surface area contributed by atoms with E-state index < -0.39 is 0 Å². The average molecular weight is 256 g/mol. The number of nitrogen functional groups attached to an aromatic ring is 1. The first-order valence-electron chi connectivity index (χ1n) is 6.02. The van der Waals surface area contributed by atoms with Crippen molar-refractivity contribution in [2.75, 3.05) is 5.73 Å². The highest BCUT2D eigenvalue weighted by atomic mass is 16.3. The summed E-state index contributed by atoms with van der Waals surface area (Å²) in [5.41, 5.74) is 7.22. The van der Waals surface area contributed by atoms with Crippen molar-refractivity contribution in [2.24, 2.45) is 0 Å². The Morgan fingerprint density at radius 3 is 2.68 bits per heavy atom. The number of rotatable bonds is 4. The predicted molar refractivity (Wildman–Crippen MR) is 75.2 cm³/mol. The summed E-state index contributed by atoms with van der Waals surface area (Å²) in [6, 6.07) is 10.8. The topological polar surface area (TPSA) is 68.3 Å². The molecule has 2 aromatic rings. The second kappa shape index (κ2) is 5.91. The van der Waals surface area contributed by atoms with Crippen molar-refractivity contribution in [2.45, 2.75) is 13.0 Å². The third-order valence-electron chi connectivity index (χ3n) is 2.69. The molecule has 19 heavy (non-hydrogen) atoms. The van der Waals surface area contributed by atoms with Crippen LogP contribution < -0.4 is 11.1 Å². The summed E-state index contributed by atoms with van der Waals surface area (Å²) in [6.07, 6.45) is 4.82. The lowest BCUT2D eigenvalue weighted by Crippen LogP contribution is -2.24. The predicted octanol–water partition coefficient (Wildman–Crippen LogP) is 2.75. The van der Waals surface area contributed by atoms with E-state index in [2.05, 4.69) is 5.32 Å². The molecule has 0 saturated carbocycles. The Morgan fingerprint density at radius 2 is 2.05 bits per heavy atom. The molecule has 4 nitrogen and oxygen atoms in total. The van der Waals surface area contributed by atoms with E-state index >= 15 is 0 Å². The number of nitrogens with two attached hydrogens (primary N) is 1. The molecule has 0 saturated heterocycles. The number of benzene rings is 1. The molecule has 1 aromatic carbocycles. The highest BCUT2D eigenvalue weighted by molar-refractivity contribution is 5.91. The Kier molecular flexibility index (Phi) is 4.03. The Morgan fingerprint density at radius 1 is 1.32 bits per heavy atom. The van der Waals surface area contributed by atoms with Crippen LogP contribution in [0.25, 0.3) is 6.08 Å². The van der Waals surface area contributed by atoms with Gasteiger partial charge in [0.1, 0.15) is 5.76 Å². The zero-order valence-corrected chi connectivity index (χ0v) is 10.7. The van der Waals surface area contributed by atoms with E-state index in [-0.39, 0.29) is 11.9 Å². The molecule has 1 heterocycles. The van der Waals surface area contributed by atoms with E-state index in [1.54, 1.807) is 30.5 Å². The SMILES string of the molecule is CC(NC(=O)/C=C/c1ccc(N)cc1)c1ccco1. The van der Waals surface area contributed by atoms with Gasteiger partial charge in [0.25, 0.3) is 0 Å². The number of anilines is 1. The summed E-state index contributed by atoms with van der Waals surface area (Å²) >= 11 is 0. The number of hydrogen-bond donors (Lipinski definition) is 2. The van der Waals surface area contributed by atoms with Crippen LogP contribution in [-0.4, -0.2) is 5.91 Å². The van der Waals surface area contributed by atoms with Gasteiger partial charge in [0.05, 0.1) is 12.3 Å². The van der Waals surface area contributed by atoms with Crippen LogP contribution in [0.3, 0.4) is 0 Å². The van der Waals surface area contributed by atoms with Crippen molar-refractivity contribution in [1.82, 2.24) is 5.32 Å². The average Bonchev–Trinajstić information content (AvgIpc) is 2.92. The van der Waals surface area contributed by atoms with Gasteiger partial charge in [-0.25, -0.2) is 0 Å². The molecule has 0 aliphatic carbocycles. The third kappa shape index (κ3) is 3.74. The van der Waals surface area contributed by atoms with Crippen molar-refractivity contribution in [1.29, 1.82) is 0 Å². The molecular formula is C15H16N2O2. The molecule has 0 bridgehead atoms. The number of hydrogen-bond acceptors (Lipinski definition) is 3. The maximum Gasteiger partial charge on any atom is 0.244 e. The zero-order valence-electron chi connectivity index (χ0n) is 10.7. The largest absolute Gasteiger partial charge is 0.467 e. The summed E-state index contributed by atoms with van der Waals surface area (Å²) in [5.74, 6) is 0.565. The Labute approximate surface area is 111 Å². The van der Waals surface area contributed by atoms with Crippen molar-refractivity contribution >= 4 is 17.7 Å². The molecule has 0 spiro atoms. The summed E-state index contributed by atoms with van der Waals surface area (Å²) < 4.78 is 5.22. The fraction of sp³-hybridized carbons (Fsp3) is 0.133. The van der Waals surface area contributed by atoms with Crippen LogP contribution in [0.5, 0.6) is 0 Å². The zero-order chi connectivity index (χ0) is 13.7. The first kappa shape index (κ1) is 13.0. The molecule has 1 aromatic heterocycles. The Hall–Kier alpha value is -2.49. The molecule has 0 fully saturated rings. The molecule has 0 aliphatic rings. The van der Waals surface area contributed by atoms with Crippen LogP contribution in [-0.2, 0) is 4.79 Å². The van der Waals surface area contributed by atoms with Gasteiger partial charge in [0, 0.05) is 11.8 Å². The highest BCUT2D eigenvalue weighted by Crippen LogP contribution is 2.12. The van der Waals surface area contributed by atoms with E-state index in [1.165, 1.54) is 6.08 Å². The highest BCUT2D eigenvalue weighted by Gasteiger charge is 2.09. The van der Waals surface area contributed by atoms with E-state index in [0.29, 0.717) is 5.69 Å². The van der Waals surface area contributed by atoms with Gasteiger partial charge in [0.15, 0.2) is 0 Å². The van der Waals surface area contributed by atoms with Gasteiger partial charge < -0.3 is 15.5 Å². The number of amides is 1. The molecule has 98 valence electrons. The van der Waals surface area contributed by atoms with Crippen LogP contribution in [0, 0.1) is 0 Å². The molecule has 1 unspecified atom stereocenters. The standard InChI is InChI=1S/C15H16N2O2/c1-11(14-3-2-10-19-14)17-15(18)9-6-12-4-7-13(16)8-5-12/h2-11H,16H2,1H3,(H,17,18)/b9-6+. The van der Waals surface area contributed by atoms with E-state index in [1.807, 2.05) is 25.1 Å². The second-order valence-electron chi connectivity index (χ2n) is 4.25. The van der Waals surface area contributed by atoms with Crippen LogP contribution in [0.4, 0.5) is 5.69 Å². The first-order valence-corrected chi connectivity index (χ1v) is 6.02. The normalized spacial score (nSPS) is 12.5. The maximum absolute atomic E-state index is 11.7. The van der Waals surface area contributed by atoms with E-state index in [4.69, 9.17) is 10.2 Å². The lowest BCUT2D eigenvalue weighted by molar-refractivity contribution is -0.117. The number of nitrogens with one attached hydrogen (secondary N) is 1. The van der Waals surface area contributed by atoms with E-state index in [9.17, 15) is 4.79 Å². The lowest BCUT2D eigenvalue weighted by atomic mass is 10.2. The molecular weight excluding hydrogens is 240 g/mol. The quantitative estimate of drug-likeness (QED) is 0.653. The molecule has 2 rings (SSSR count). The minimum atomic E-state index is -0.166. The van der Waals surface area contributed by atoms with Crippen LogP contribution in [0.15, 0.2) is 53.2 Å². The monoisotopic (exact) mass is 256 g/mol. The summed E-state index contributed by atoms with van der Waals surface area (Å²) in [5, 5.41) is 2.82. The summed E-state index contributed by atoms with van der Waals surface area (Å²) in [7, 11) is 0. The molecule has 1 atom stereocenters. The summed E-state index contributed by atoms with van der Waals surface area (Å²) in [4.78, 5) is 11.7. The van der Waals surface area contributed by atoms with Gasteiger partial charge in [0.2, 0.25) is 5.91 Å². The lowest BCUT2D eigenvalue weighted by Gasteiger charge is -2.08. The van der Waals surface area contributed by atoms with Gasteiger partial charge >= 0.3 is 0 Å². The van der Waals surface area contributed by atoms with Crippen LogP contribution in [0.2, 0.25) is 0 Å². The molecule has 4 heteroatoms. The fourth-order valence-electron chi connectivity index (χ4n) is 1.65. The van der Waals surface area contributed by atoms with E-state index in [0.717, 1.165) is 11.3 Å². The van der Waals surface area contributed by atoms with Gasteiger partial charge in [-0.15, -0.1) is 0 Å². The summed E-state index contributed by atoms with van der Waals surface area (Å²) in [6.45, 7) is 1.87. The van der Waals surface area contributed by atoms with Crippen molar-refractivity contribution in [3.63, 3.8) is 0 Å². The number of carbonyl (C=O) groups is 1. The number of carbonyl (C=O) groups excluding carboxylic acids is 1. The first-order chi connectivity index (χ1) is 9.15. The van der Waals surface area contributed by atoms with Crippen LogP contribution >= 0.6 is 0 Å². The van der Waals surface area contributed by atoms with Crippen molar-refractivity contribution in [3.05, 3.63) is 60.1 Å². The number of furan rings is 1. The Balaban J connectivity index is 1.92.